The van der Waals surface area contributed by atoms with Gasteiger partial charge in [-0.15, -0.1) is 0 Å². The van der Waals surface area contributed by atoms with Crippen molar-refractivity contribution in [3.8, 4) is 0 Å². The molecule has 1 fully saturated rings. The van der Waals surface area contributed by atoms with Crippen LogP contribution in [0.3, 0.4) is 0 Å². The Morgan fingerprint density at radius 3 is 2.88 bits per heavy atom. The number of likely N-dealkylation sites (tertiary alicyclic amines) is 1. The molecule has 0 aliphatic carbocycles. The van der Waals surface area contributed by atoms with E-state index in [2.05, 4.69) is 23.0 Å². The Hall–Kier alpha value is -0.870. The summed E-state index contributed by atoms with van der Waals surface area (Å²) in [4.78, 5) is 2.36. The van der Waals surface area contributed by atoms with Gasteiger partial charge in [-0.05, 0) is 31.9 Å². The van der Waals surface area contributed by atoms with E-state index < -0.39 is 0 Å². The first-order chi connectivity index (χ1) is 7.61. The molecule has 0 spiro atoms. The largest absolute Gasteiger partial charge is 0.395 e. The molecular weight excluding hydrogens is 202 g/mol. The number of hydrogen-bond acceptors (Lipinski definition) is 3. The van der Waals surface area contributed by atoms with Crippen molar-refractivity contribution in [2.45, 2.75) is 32.9 Å². The van der Waals surface area contributed by atoms with Crippen molar-refractivity contribution < 1.29 is 5.11 Å². The lowest BCUT2D eigenvalue weighted by molar-refractivity contribution is 0.132. The summed E-state index contributed by atoms with van der Waals surface area (Å²) < 4.78 is 1.94. The van der Waals surface area contributed by atoms with Crippen molar-refractivity contribution in [1.29, 1.82) is 0 Å². The van der Waals surface area contributed by atoms with Gasteiger partial charge in [0.05, 0.1) is 18.0 Å². The van der Waals surface area contributed by atoms with Gasteiger partial charge < -0.3 is 5.11 Å². The molecule has 90 valence electrons. The number of aryl methyl sites for hydroxylation is 2. The summed E-state index contributed by atoms with van der Waals surface area (Å²) in [6.07, 6.45) is 1.18. The third-order valence-electron chi connectivity index (χ3n) is 3.65. The van der Waals surface area contributed by atoms with Gasteiger partial charge in [0.2, 0.25) is 0 Å². The van der Waals surface area contributed by atoms with Crippen LogP contribution in [0.25, 0.3) is 0 Å². The zero-order valence-corrected chi connectivity index (χ0v) is 10.3. The molecule has 0 bridgehead atoms. The maximum atomic E-state index is 9.40. The molecule has 2 unspecified atom stereocenters. The summed E-state index contributed by atoms with van der Waals surface area (Å²) >= 11 is 0. The first-order valence-corrected chi connectivity index (χ1v) is 5.96. The second-order valence-corrected chi connectivity index (χ2v) is 4.89. The van der Waals surface area contributed by atoms with Crippen LogP contribution in [0.4, 0.5) is 0 Å². The highest BCUT2D eigenvalue weighted by molar-refractivity contribution is 5.09. The molecule has 4 nitrogen and oxygen atoms in total. The average Bonchev–Trinajstić information content (AvgIpc) is 2.72. The Morgan fingerprint density at radius 1 is 1.56 bits per heavy atom. The fourth-order valence-corrected chi connectivity index (χ4v) is 2.60. The normalized spacial score (nSPS) is 26.5. The quantitative estimate of drug-likeness (QED) is 0.829. The van der Waals surface area contributed by atoms with Crippen molar-refractivity contribution in [3.63, 3.8) is 0 Å². The maximum Gasteiger partial charge on any atom is 0.0597 e. The summed E-state index contributed by atoms with van der Waals surface area (Å²) in [7, 11) is 1.98. The van der Waals surface area contributed by atoms with Crippen molar-refractivity contribution in [3.05, 3.63) is 17.5 Å². The van der Waals surface area contributed by atoms with E-state index in [1.165, 1.54) is 12.1 Å². The highest BCUT2D eigenvalue weighted by Gasteiger charge is 2.30. The molecule has 16 heavy (non-hydrogen) atoms. The third kappa shape index (κ3) is 2.13. The molecule has 1 saturated heterocycles. The van der Waals surface area contributed by atoms with E-state index in [-0.39, 0.29) is 6.61 Å². The lowest BCUT2D eigenvalue weighted by Crippen LogP contribution is -2.35. The van der Waals surface area contributed by atoms with Gasteiger partial charge in [0, 0.05) is 19.6 Å². The van der Waals surface area contributed by atoms with Crippen molar-refractivity contribution in [2.24, 2.45) is 13.0 Å². The first-order valence-electron chi connectivity index (χ1n) is 5.96. The molecule has 0 aromatic carbocycles. The van der Waals surface area contributed by atoms with Crippen LogP contribution in [0.2, 0.25) is 0 Å². The number of hydrogen-bond donors (Lipinski definition) is 1. The Balaban J connectivity index is 2.07. The molecule has 1 N–H and O–H groups in total. The van der Waals surface area contributed by atoms with Gasteiger partial charge in [-0.25, -0.2) is 0 Å². The molecule has 4 heteroatoms. The maximum absolute atomic E-state index is 9.40. The second-order valence-electron chi connectivity index (χ2n) is 4.89. The fraction of sp³-hybridized carbons (Fsp3) is 0.750. The van der Waals surface area contributed by atoms with Crippen LogP contribution in [-0.4, -0.2) is 39.0 Å². The van der Waals surface area contributed by atoms with E-state index in [1.54, 1.807) is 0 Å². The van der Waals surface area contributed by atoms with E-state index in [1.807, 2.05) is 18.7 Å². The van der Waals surface area contributed by atoms with Crippen molar-refractivity contribution >= 4 is 0 Å². The predicted octanol–water partition coefficient (Wildman–Crippen LogP) is 0.931. The van der Waals surface area contributed by atoms with Gasteiger partial charge >= 0.3 is 0 Å². The molecule has 0 amide bonds. The Kier molecular flexibility index (Phi) is 3.30. The number of aliphatic hydroxyl groups is 1. The first kappa shape index (κ1) is 11.6. The number of aliphatic hydroxyl groups excluding tert-OH is 1. The Bertz CT molecular complexity index is 361. The predicted molar refractivity (Wildman–Crippen MR) is 63.0 cm³/mol. The van der Waals surface area contributed by atoms with Gasteiger partial charge in [0.1, 0.15) is 0 Å². The van der Waals surface area contributed by atoms with E-state index in [4.69, 9.17) is 0 Å². The van der Waals surface area contributed by atoms with Gasteiger partial charge in [-0.2, -0.15) is 5.10 Å². The van der Waals surface area contributed by atoms with Gasteiger partial charge in [-0.3, -0.25) is 9.58 Å². The smallest absolute Gasteiger partial charge is 0.0597 e. The molecule has 1 aliphatic rings. The Labute approximate surface area is 96.9 Å². The fourth-order valence-electron chi connectivity index (χ4n) is 2.60. The molecule has 1 aliphatic heterocycles. The summed E-state index contributed by atoms with van der Waals surface area (Å²) in [5.41, 5.74) is 2.29. The summed E-state index contributed by atoms with van der Waals surface area (Å²) in [5.74, 6) is 0.597. The molecule has 2 heterocycles. The lowest BCUT2D eigenvalue weighted by atomic mass is 10.0. The number of rotatable bonds is 3. The Morgan fingerprint density at radius 2 is 2.31 bits per heavy atom. The summed E-state index contributed by atoms with van der Waals surface area (Å²) in [6, 6.07) is 2.44. The van der Waals surface area contributed by atoms with Crippen LogP contribution in [0, 0.1) is 12.8 Å². The van der Waals surface area contributed by atoms with E-state index >= 15 is 0 Å². The third-order valence-corrected chi connectivity index (χ3v) is 3.65. The summed E-state index contributed by atoms with van der Waals surface area (Å²) in [5, 5.41) is 13.7. The monoisotopic (exact) mass is 223 g/mol. The lowest BCUT2D eigenvalue weighted by Gasteiger charge is -2.24. The van der Waals surface area contributed by atoms with E-state index in [9.17, 15) is 5.11 Å². The zero-order chi connectivity index (χ0) is 11.7. The average molecular weight is 223 g/mol. The standard InChI is InChI=1S/C12H21N3O/c1-9-4-5-15(12(9)8-16)7-11-6-10(2)13-14(11)3/h6,9,12,16H,4-5,7-8H2,1-3H3. The van der Waals surface area contributed by atoms with Crippen LogP contribution in [0.1, 0.15) is 24.7 Å². The molecule has 2 rings (SSSR count). The molecular formula is C12H21N3O. The highest BCUT2D eigenvalue weighted by Crippen LogP contribution is 2.25. The van der Waals surface area contributed by atoms with E-state index in [0.717, 1.165) is 18.8 Å². The van der Waals surface area contributed by atoms with Crippen LogP contribution >= 0.6 is 0 Å². The minimum atomic E-state index is 0.262. The summed E-state index contributed by atoms with van der Waals surface area (Å²) in [6.45, 7) is 6.47. The van der Waals surface area contributed by atoms with Crippen LogP contribution in [0.5, 0.6) is 0 Å². The minimum absolute atomic E-state index is 0.262. The number of aromatic nitrogens is 2. The topological polar surface area (TPSA) is 41.3 Å². The second kappa shape index (κ2) is 4.55. The zero-order valence-electron chi connectivity index (χ0n) is 10.3. The molecule has 0 radical (unpaired) electrons. The minimum Gasteiger partial charge on any atom is -0.395 e. The van der Waals surface area contributed by atoms with Gasteiger partial charge in [0.25, 0.3) is 0 Å². The van der Waals surface area contributed by atoms with Gasteiger partial charge in [-0.1, -0.05) is 6.92 Å². The van der Waals surface area contributed by atoms with Gasteiger partial charge in [0.15, 0.2) is 0 Å². The van der Waals surface area contributed by atoms with Crippen LogP contribution in [0.15, 0.2) is 6.07 Å². The molecule has 0 saturated carbocycles. The van der Waals surface area contributed by atoms with Crippen LogP contribution in [-0.2, 0) is 13.6 Å². The highest BCUT2D eigenvalue weighted by atomic mass is 16.3. The number of nitrogens with zero attached hydrogens (tertiary/aromatic N) is 3. The van der Waals surface area contributed by atoms with Crippen LogP contribution < -0.4 is 0 Å². The SMILES string of the molecule is Cc1cc(CN2CCC(C)C2CO)n(C)n1. The van der Waals surface area contributed by atoms with Crippen molar-refractivity contribution in [2.75, 3.05) is 13.2 Å². The van der Waals surface area contributed by atoms with Crippen molar-refractivity contribution in [1.82, 2.24) is 14.7 Å². The molecule has 1 aromatic heterocycles. The van der Waals surface area contributed by atoms with E-state index in [0.29, 0.717) is 12.0 Å². The molecule has 2 atom stereocenters. The molecule has 1 aromatic rings.